The van der Waals surface area contributed by atoms with Crippen LogP contribution in [0.1, 0.15) is 11.1 Å². The van der Waals surface area contributed by atoms with Gasteiger partial charge in [0.1, 0.15) is 5.82 Å². The number of rotatable bonds is 3. The molecule has 0 fully saturated rings. The fraction of sp³-hybridized carbons (Fsp3) is 0.143. The highest BCUT2D eigenvalue weighted by atomic mass is 32.2. The fourth-order valence-corrected chi connectivity index (χ4v) is 2.34. The molecule has 5 heteroatoms. The summed E-state index contributed by atoms with van der Waals surface area (Å²) in [4.78, 5) is 0.388. The Morgan fingerprint density at radius 1 is 1.05 bits per heavy atom. The zero-order valence-electron chi connectivity index (χ0n) is 9.67. The van der Waals surface area contributed by atoms with E-state index in [0.717, 1.165) is 11.6 Å². The average molecular weight is 285 g/mol. The molecule has 0 bridgehead atoms. The van der Waals surface area contributed by atoms with Crippen molar-refractivity contribution < 1.29 is 17.6 Å². The molecule has 0 saturated carbocycles. The van der Waals surface area contributed by atoms with Gasteiger partial charge in [-0.05, 0) is 29.8 Å². The number of halogens is 4. The molecule has 2 aromatic carbocycles. The first kappa shape index (κ1) is 13.9. The van der Waals surface area contributed by atoms with E-state index in [1.807, 2.05) is 0 Å². The minimum absolute atomic E-state index is 0.355. The highest BCUT2D eigenvalue weighted by Gasteiger charge is 2.30. The Morgan fingerprint density at radius 2 is 1.79 bits per heavy atom. The summed E-state index contributed by atoms with van der Waals surface area (Å²) in [7, 11) is 0. The van der Waals surface area contributed by atoms with Gasteiger partial charge in [0, 0.05) is 16.7 Å². The van der Waals surface area contributed by atoms with Gasteiger partial charge in [-0.2, -0.15) is 13.2 Å². The van der Waals surface area contributed by atoms with Crippen LogP contribution in [0, 0.1) is 11.9 Å². The number of thioether (sulfide) groups is 1. The van der Waals surface area contributed by atoms with Crippen molar-refractivity contribution in [2.75, 3.05) is 0 Å². The van der Waals surface area contributed by atoms with Crippen molar-refractivity contribution in [3.05, 3.63) is 65.5 Å². The third-order valence-corrected chi connectivity index (χ3v) is 3.38. The predicted molar refractivity (Wildman–Crippen MR) is 66.2 cm³/mol. The molecule has 0 nitrogen and oxygen atoms in total. The Labute approximate surface area is 112 Å². The van der Waals surface area contributed by atoms with Gasteiger partial charge >= 0.3 is 6.18 Å². The van der Waals surface area contributed by atoms with E-state index in [9.17, 15) is 17.6 Å². The van der Waals surface area contributed by atoms with E-state index in [1.165, 1.54) is 30.0 Å². The summed E-state index contributed by atoms with van der Waals surface area (Å²) < 4.78 is 50.4. The van der Waals surface area contributed by atoms with E-state index in [0.29, 0.717) is 10.6 Å². The molecule has 99 valence electrons. The van der Waals surface area contributed by atoms with Gasteiger partial charge in [-0.15, -0.1) is 11.8 Å². The van der Waals surface area contributed by atoms with Crippen LogP contribution in [0.5, 0.6) is 0 Å². The molecule has 0 atom stereocenters. The summed E-state index contributed by atoms with van der Waals surface area (Å²) in [6.07, 6.45) is -4.39. The number of alkyl halides is 3. The van der Waals surface area contributed by atoms with Gasteiger partial charge in [0.2, 0.25) is 0 Å². The molecular formula is C14H9F4S. The second kappa shape index (κ2) is 5.65. The van der Waals surface area contributed by atoms with Gasteiger partial charge in [0.25, 0.3) is 0 Å². The Morgan fingerprint density at radius 3 is 2.47 bits per heavy atom. The van der Waals surface area contributed by atoms with Crippen molar-refractivity contribution in [3.8, 4) is 0 Å². The van der Waals surface area contributed by atoms with E-state index < -0.39 is 11.7 Å². The summed E-state index contributed by atoms with van der Waals surface area (Å²) in [5.41, 5.74) is -0.0763. The van der Waals surface area contributed by atoms with Crippen molar-refractivity contribution in [2.24, 2.45) is 0 Å². The summed E-state index contributed by atoms with van der Waals surface area (Å²) in [6.45, 7) is 0. The smallest absolute Gasteiger partial charge is 0.207 e. The minimum Gasteiger partial charge on any atom is -0.207 e. The highest BCUT2D eigenvalue weighted by molar-refractivity contribution is 7.98. The van der Waals surface area contributed by atoms with E-state index >= 15 is 0 Å². The zero-order valence-corrected chi connectivity index (χ0v) is 10.5. The van der Waals surface area contributed by atoms with Crippen molar-refractivity contribution in [1.82, 2.24) is 0 Å². The standard InChI is InChI=1S/C14H9F4S/c15-12-5-1-3-10(7-12)9-19-13-6-2-4-11(8-13)14(16,17)18/h1-7H,9H2. The van der Waals surface area contributed by atoms with Gasteiger partial charge in [-0.1, -0.05) is 18.2 Å². The summed E-state index contributed by atoms with van der Waals surface area (Å²) in [6, 6.07) is 12.2. The maximum atomic E-state index is 12.9. The lowest BCUT2D eigenvalue weighted by Gasteiger charge is -2.08. The van der Waals surface area contributed by atoms with Crippen LogP contribution in [0.15, 0.2) is 47.4 Å². The number of benzene rings is 2. The molecule has 0 aliphatic rings. The first-order chi connectivity index (χ1) is 8.95. The molecular weight excluding hydrogens is 276 g/mol. The summed E-state index contributed by atoms with van der Waals surface area (Å²) >= 11 is 1.19. The zero-order chi connectivity index (χ0) is 13.9. The van der Waals surface area contributed by atoms with Crippen LogP contribution in [-0.2, 0) is 11.9 Å². The Bertz CT molecular complexity index is 563. The summed E-state index contributed by atoms with van der Waals surface area (Å²) in [5, 5.41) is 0. The van der Waals surface area contributed by atoms with Crippen LogP contribution in [0.25, 0.3) is 0 Å². The molecule has 0 aliphatic heterocycles. The second-order valence-corrected chi connectivity index (χ2v) is 4.86. The quantitative estimate of drug-likeness (QED) is 0.568. The molecule has 0 N–H and O–H groups in total. The first-order valence-corrected chi connectivity index (χ1v) is 6.40. The number of hydrogen-bond acceptors (Lipinski definition) is 1. The molecule has 0 aromatic heterocycles. The van der Waals surface area contributed by atoms with Gasteiger partial charge < -0.3 is 0 Å². The maximum absolute atomic E-state index is 12.9. The van der Waals surface area contributed by atoms with Gasteiger partial charge in [0.05, 0.1) is 5.56 Å². The summed E-state index contributed by atoms with van der Waals surface area (Å²) in [5.74, 6) is 0.0429. The molecule has 1 radical (unpaired) electrons. The monoisotopic (exact) mass is 285 g/mol. The maximum Gasteiger partial charge on any atom is 0.417 e. The lowest BCUT2D eigenvalue weighted by atomic mass is 10.2. The van der Waals surface area contributed by atoms with Crippen molar-refractivity contribution in [3.63, 3.8) is 0 Å². The Kier molecular flexibility index (Phi) is 4.14. The topological polar surface area (TPSA) is 0 Å². The van der Waals surface area contributed by atoms with Crippen molar-refractivity contribution in [1.29, 1.82) is 0 Å². The third-order valence-electron chi connectivity index (χ3n) is 2.36. The van der Waals surface area contributed by atoms with Crippen LogP contribution in [0.2, 0.25) is 0 Å². The van der Waals surface area contributed by atoms with E-state index in [2.05, 4.69) is 6.07 Å². The Balaban J connectivity index is 2.08. The van der Waals surface area contributed by atoms with Gasteiger partial charge in [-0.25, -0.2) is 4.39 Å². The molecule has 0 heterocycles. The average Bonchev–Trinajstić information content (AvgIpc) is 2.36. The SMILES string of the molecule is Fc1cccc(CSc2[c]c(C(F)(F)F)ccc2)c1. The lowest BCUT2D eigenvalue weighted by molar-refractivity contribution is -0.138. The van der Waals surface area contributed by atoms with Crippen LogP contribution in [0.3, 0.4) is 0 Å². The largest absolute Gasteiger partial charge is 0.417 e. The van der Waals surface area contributed by atoms with Gasteiger partial charge in [0.15, 0.2) is 0 Å². The molecule has 0 unspecified atom stereocenters. The molecule has 0 saturated heterocycles. The normalized spacial score (nSPS) is 11.6. The molecule has 2 aromatic rings. The van der Waals surface area contributed by atoms with Gasteiger partial charge in [-0.3, -0.25) is 0 Å². The van der Waals surface area contributed by atoms with Crippen LogP contribution < -0.4 is 0 Å². The van der Waals surface area contributed by atoms with E-state index in [4.69, 9.17) is 0 Å². The molecule has 0 aliphatic carbocycles. The molecule has 0 amide bonds. The van der Waals surface area contributed by atoms with Crippen LogP contribution in [-0.4, -0.2) is 0 Å². The van der Waals surface area contributed by atoms with E-state index in [-0.39, 0.29) is 5.82 Å². The third kappa shape index (κ3) is 3.99. The molecule has 19 heavy (non-hydrogen) atoms. The highest BCUT2D eigenvalue weighted by Crippen LogP contribution is 2.32. The first-order valence-electron chi connectivity index (χ1n) is 5.42. The molecule has 0 spiro atoms. The second-order valence-electron chi connectivity index (χ2n) is 3.85. The number of hydrogen-bond donors (Lipinski definition) is 0. The van der Waals surface area contributed by atoms with E-state index in [1.54, 1.807) is 18.2 Å². The van der Waals surface area contributed by atoms with Crippen LogP contribution >= 0.6 is 11.8 Å². The lowest BCUT2D eigenvalue weighted by Crippen LogP contribution is -2.04. The van der Waals surface area contributed by atoms with Crippen molar-refractivity contribution in [2.45, 2.75) is 16.8 Å². The predicted octanol–water partition coefficient (Wildman–Crippen LogP) is 4.94. The van der Waals surface area contributed by atoms with Crippen molar-refractivity contribution >= 4 is 11.8 Å². The fourth-order valence-electron chi connectivity index (χ4n) is 1.49. The molecule has 2 rings (SSSR count). The minimum atomic E-state index is -4.39. The van der Waals surface area contributed by atoms with Crippen LogP contribution in [0.4, 0.5) is 17.6 Å². The Hall–Kier alpha value is -1.49.